The molecule has 1 aromatic heterocycles. The van der Waals surface area contributed by atoms with E-state index in [1.54, 1.807) is 30.3 Å². The average Bonchev–Trinajstić information content (AvgIpc) is 2.83. The molecule has 0 unspecified atom stereocenters. The lowest BCUT2D eigenvalue weighted by molar-refractivity contribution is -0.153. The van der Waals surface area contributed by atoms with E-state index in [2.05, 4.69) is 4.98 Å². The minimum atomic E-state index is -3.67. The van der Waals surface area contributed by atoms with Crippen molar-refractivity contribution in [2.24, 2.45) is 5.92 Å². The molecule has 2 aromatic rings. The van der Waals surface area contributed by atoms with Crippen LogP contribution in [0.25, 0.3) is 0 Å². The number of halogens is 1. The van der Waals surface area contributed by atoms with Gasteiger partial charge in [-0.3, -0.25) is 14.6 Å². The van der Waals surface area contributed by atoms with Crippen molar-refractivity contribution in [1.29, 1.82) is 5.26 Å². The number of nitriles is 1. The Morgan fingerprint density at radius 2 is 2.00 bits per heavy atom. The summed E-state index contributed by atoms with van der Waals surface area (Å²) >= 11 is 6.00. The van der Waals surface area contributed by atoms with E-state index in [1.807, 2.05) is 6.07 Å². The van der Waals surface area contributed by atoms with E-state index in [4.69, 9.17) is 21.6 Å². The third-order valence-electron chi connectivity index (χ3n) is 5.27. The predicted octanol–water partition coefficient (Wildman–Crippen LogP) is 2.63. The van der Waals surface area contributed by atoms with E-state index in [9.17, 15) is 18.0 Å². The van der Waals surface area contributed by atoms with Crippen molar-refractivity contribution in [3.63, 3.8) is 0 Å². The van der Waals surface area contributed by atoms with Crippen LogP contribution in [0.5, 0.6) is 0 Å². The molecule has 0 saturated carbocycles. The number of rotatable bonds is 8. The van der Waals surface area contributed by atoms with Crippen LogP contribution in [0.15, 0.2) is 53.7 Å². The van der Waals surface area contributed by atoms with Gasteiger partial charge in [-0.25, -0.2) is 8.42 Å². The molecule has 0 spiro atoms. The second-order valence-electron chi connectivity index (χ2n) is 7.41. The van der Waals surface area contributed by atoms with Gasteiger partial charge in [0.25, 0.3) is 5.91 Å². The van der Waals surface area contributed by atoms with Crippen molar-refractivity contribution < 1.29 is 22.7 Å². The van der Waals surface area contributed by atoms with Crippen LogP contribution in [-0.4, -0.2) is 55.8 Å². The van der Waals surface area contributed by atoms with Gasteiger partial charge in [0.05, 0.1) is 18.4 Å². The average molecular weight is 491 g/mol. The molecule has 9 nitrogen and oxygen atoms in total. The van der Waals surface area contributed by atoms with Gasteiger partial charge in [-0.05, 0) is 43.2 Å². The Morgan fingerprint density at radius 1 is 1.24 bits per heavy atom. The number of amides is 1. The van der Waals surface area contributed by atoms with Gasteiger partial charge in [0.1, 0.15) is 4.90 Å². The number of benzene rings is 1. The molecule has 0 bridgehead atoms. The first-order valence-electron chi connectivity index (χ1n) is 10.3. The first-order chi connectivity index (χ1) is 15.8. The van der Waals surface area contributed by atoms with Crippen molar-refractivity contribution in [3.05, 3.63) is 53.8 Å². The monoisotopic (exact) mass is 490 g/mol. The summed E-state index contributed by atoms with van der Waals surface area (Å²) in [6, 6.07) is 11.6. The van der Waals surface area contributed by atoms with Gasteiger partial charge in [0.2, 0.25) is 10.0 Å². The largest absolute Gasteiger partial charge is 0.455 e. The van der Waals surface area contributed by atoms with Crippen LogP contribution in [0.4, 0.5) is 5.69 Å². The van der Waals surface area contributed by atoms with E-state index >= 15 is 0 Å². The Bertz CT molecular complexity index is 1130. The van der Waals surface area contributed by atoms with Gasteiger partial charge in [-0.15, -0.1) is 0 Å². The summed E-state index contributed by atoms with van der Waals surface area (Å²) in [4.78, 5) is 30.5. The number of carbonyl (C=O) groups excluding carboxylic acids is 2. The second kappa shape index (κ2) is 11.2. The van der Waals surface area contributed by atoms with E-state index in [0.717, 1.165) is 0 Å². The number of sulfonamides is 1. The van der Waals surface area contributed by atoms with Gasteiger partial charge in [0, 0.05) is 42.7 Å². The minimum absolute atomic E-state index is 0.107. The topological polar surface area (TPSA) is 121 Å². The number of pyridine rings is 1. The van der Waals surface area contributed by atoms with Crippen LogP contribution in [0.1, 0.15) is 19.3 Å². The molecule has 33 heavy (non-hydrogen) atoms. The lowest BCUT2D eigenvalue weighted by atomic mass is 9.98. The number of nitrogens with zero attached hydrogens (tertiary/aromatic N) is 4. The predicted molar refractivity (Wildman–Crippen MR) is 121 cm³/mol. The second-order valence-corrected chi connectivity index (χ2v) is 9.78. The highest BCUT2D eigenvalue weighted by atomic mass is 35.5. The molecule has 2 heterocycles. The molecule has 0 N–H and O–H groups in total. The molecule has 0 aliphatic carbocycles. The molecule has 11 heteroatoms. The highest BCUT2D eigenvalue weighted by Gasteiger charge is 2.33. The summed E-state index contributed by atoms with van der Waals surface area (Å²) in [5, 5.41) is 9.33. The fraction of sp³-hybridized carbons (Fsp3) is 0.364. The summed E-state index contributed by atoms with van der Waals surface area (Å²) in [7, 11) is -3.67. The first-order valence-corrected chi connectivity index (χ1v) is 12.1. The number of hydrogen-bond donors (Lipinski definition) is 0. The van der Waals surface area contributed by atoms with E-state index < -0.39 is 34.4 Å². The zero-order chi connectivity index (χ0) is 23.8. The number of carbonyl (C=O) groups is 2. The fourth-order valence-electron chi connectivity index (χ4n) is 3.51. The van der Waals surface area contributed by atoms with Crippen LogP contribution in [0.3, 0.4) is 0 Å². The number of aromatic nitrogens is 1. The summed E-state index contributed by atoms with van der Waals surface area (Å²) in [6.45, 7) is -0.00765. The smallest absolute Gasteiger partial charge is 0.309 e. The van der Waals surface area contributed by atoms with Gasteiger partial charge >= 0.3 is 5.97 Å². The van der Waals surface area contributed by atoms with Crippen molar-refractivity contribution in [1.82, 2.24) is 9.29 Å². The molecule has 1 aliphatic heterocycles. The van der Waals surface area contributed by atoms with Crippen LogP contribution in [0, 0.1) is 17.2 Å². The molecule has 0 atom stereocenters. The highest BCUT2D eigenvalue weighted by Crippen LogP contribution is 2.25. The fourth-order valence-corrected chi connectivity index (χ4v) is 5.13. The van der Waals surface area contributed by atoms with Crippen molar-refractivity contribution in [2.45, 2.75) is 24.2 Å². The lowest BCUT2D eigenvalue weighted by Crippen LogP contribution is -2.41. The highest BCUT2D eigenvalue weighted by molar-refractivity contribution is 7.89. The summed E-state index contributed by atoms with van der Waals surface area (Å²) < 4.78 is 31.9. The number of esters is 1. The first kappa shape index (κ1) is 24.6. The Hall–Kier alpha value is -3.00. The van der Waals surface area contributed by atoms with Crippen LogP contribution in [-0.2, 0) is 24.3 Å². The van der Waals surface area contributed by atoms with E-state index in [1.165, 1.54) is 27.7 Å². The normalized spacial score (nSPS) is 14.9. The zero-order valence-corrected chi connectivity index (χ0v) is 19.3. The molecule has 3 rings (SSSR count). The molecule has 174 valence electrons. The summed E-state index contributed by atoms with van der Waals surface area (Å²) in [5.74, 6) is -1.53. The molecule has 1 aliphatic rings. The van der Waals surface area contributed by atoms with E-state index in [0.29, 0.717) is 23.6 Å². The van der Waals surface area contributed by atoms with Gasteiger partial charge in [-0.2, -0.15) is 9.57 Å². The van der Waals surface area contributed by atoms with Crippen LogP contribution >= 0.6 is 11.6 Å². The maximum Gasteiger partial charge on any atom is 0.309 e. The Balaban J connectivity index is 1.55. The Kier molecular flexibility index (Phi) is 8.38. The zero-order valence-electron chi connectivity index (χ0n) is 17.8. The van der Waals surface area contributed by atoms with Crippen molar-refractivity contribution >= 4 is 39.2 Å². The molecule has 0 radical (unpaired) electrons. The Morgan fingerprint density at radius 3 is 2.64 bits per heavy atom. The molecule has 1 aromatic carbocycles. The van der Waals surface area contributed by atoms with E-state index in [-0.39, 0.29) is 31.0 Å². The molecule has 1 amide bonds. The maximum absolute atomic E-state index is 12.7. The van der Waals surface area contributed by atoms with Gasteiger partial charge in [0.15, 0.2) is 6.61 Å². The van der Waals surface area contributed by atoms with Gasteiger partial charge < -0.3 is 9.64 Å². The Labute approximate surface area is 197 Å². The quantitative estimate of drug-likeness (QED) is 0.521. The number of anilines is 1. The third kappa shape index (κ3) is 6.28. The van der Waals surface area contributed by atoms with Gasteiger partial charge in [-0.1, -0.05) is 17.7 Å². The third-order valence-corrected chi connectivity index (χ3v) is 7.38. The number of hydrogen-bond acceptors (Lipinski definition) is 7. The van der Waals surface area contributed by atoms with Crippen molar-refractivity contribution in [3.8, 4) is 6.07 Å². The maximum atomic E-state index is 12.7. The standard InChI is InChI=1S/C22H23ClN4O5S/c23-18-4-1-5-19(14-18)27(11-3-9-24)21(28)16-32-22(29)17-7-12-26(13-8-17)33(30,31)20-6-2-10-25-15-20/h1-2,4-6,10,14-15,17H,3,7-8,11-13,16H2. The molecule has 1 fully saturated rings. The number of ether oxygens (including phenoxy) is 1. The van der Waals surface area contributed by atoms with Crippen LogP contribution in [0.2, 0.25) is 5.02 Å². The number of piperidine rings is 1. The summed E-state index contributed by atoms with van der Waals surface area (Å²) in [6.07, 6.45) is 3.48. The molecular formula is C22H23ClN4O5S. The van der Waals surface area contributed by atoms with Crippen molar-refractivity contribution in [2.75, 3.05) is 31.1 Å². The van der Waals surface area contributed by atoms with Crippen LogP contribution < -0.4 is 4.90 Å². The lowest BCUT2D eigenvalue weighted by Gasteiger charge is -2.30. The molecule has 1 saturated heterocycles. The SMILES string of the molecule is N#CCCN(C(=O)COC(=O)C1CCN(S(=O)(=O)c2cccnc2)CC1)c1cccc(Cl)c1. The molecular weight excluding hydrogens is 468 g/mol. The minimum Gasteiger partial charge on any atom is -0.455 e. The summed E-state index contributed by atoms with van der Waals surface area (Å²) in [5.41, 5.74) is 0.507.